The van der Waals surface area contributed by atoms with Crippen LogP contribution in [0.4, 0.5) is 0 Å². The van der Waals surface area contributed by atoms with Gasteiger partial charge in [-0.25, -0.2) is 5.43 Å². The van der Waals surface area contributed by atoms with Gasteiger partial charge in [0.1, 0.15) is 12.4 Å². The summed E-state index contributed by atoms with van der Waals surface area (Å²) in [4.78, 5) is 10.8. The standard InChI is InChI=1S/C16H13BrI2N2O2/c1-10(22)21-20-8-12-6-14(18)16(15(19)7-12)23-9-11-2-4-13(17)5-3-11/h2-8H,9H2,1H3,(H,21,22)/b20-8-. The van der Waals surface area contributed by atoms with E-state index in [0.717, 1.165) is 28.5 Å². The molecule has 0 fully saturated rings. The number of ether oxygens (including phenoxy) is 1. The van der Waals surface area contributed by atoms with Crippen molar-refractivity contribution in [3.63, 3.8) is 0 Å². The molecular weight excluding hydrogens is 586 g/mol. The molecule has 0 bridgehead atoms. The van der Waals surface area contributed by atoms with Crippen LogP contribution in [-0.4, -0.2) is 12.1 Å². The van der Waals surface area contributed by atoms with E-state index in [0.29, 0.717) is 6.61 Å². The van der Waals surface area contributed by atoms with E-state index in [-0.39, 0.29) is 5.91 Å². The quantitative estimate of drug-likeness (QED) is 0.308. The molecule has 2 rings (SSSR count). The van der Waals surface area contributed by atoms with Crippen LogP contribution in [0.15, 0.2) is 46.0 Å². The largest absolute Gasteiger partial charge is 0.487 e. The van der Waals surface area contributed by atoms with Gasteiger partial charge in [-0.3, -0.25) is 4.79 Å². The zero-order valence-corrected chi connectivity index (χ0v) is 18.0. The second-order valence-corrected chi connectivity index (χ2v) is 7.90. The van der Waals surface area contributed by atoms with Crippen molar-refractivity contribution in [2.45, 2.75) is 13.5 Å². The molecule has 0 unspecified atom stereocenters. The Morgan fingerprint density at radius 3 is 2.43 bits per heavy atom. The van der Waals surface area contributed by atoms with Crippen LogP contribution in [0, 0.1) is 7.14 Å². The molecule has 0 spiro atoms. The number of rotatable bonds is 5. The first-order chi connectivity index (χ1) is 11.0. The van der Waals surface area contributed by atoms with Crippen molar-refractivity contribution in [2.24, 2.45) is 5.10 Å². The van der Waals surface area contributed by atoms with E-state index in [9.17, 15) is 4.79 Å². The molecule has 4 nitrogen and oxygen atoms in total. The van der Waals surface area contributed by atoms with Crippen molar-refractivity contribution in [2.75, 3.05) is 0 Å². The van der Waals surface area contributed by atoms with Crippen molar-refractivity contribution in [1.29, 1.82) is 0 Å². The molecule has 0 radical (unpaired) electrons. The average Bonchev–Trinajstić information content (AvgIpc) is 2.48. The van der Waals surface area contributed by atoms with Crippen LogP contribution < -0.4 is 10.2 Å². The van der Waals surface area contributed by atoms with Crippen molar-refractivity contribution >= 4 is 73.2 Å². The van der Waals surface area contributed by atoms with Crippen molar-refractivity contribution in [3.05, 3.63) is 59.1 Å². The van der Waals surface area contributed by atoms with E-state index in [1.165, 1.54) is 6.92 Å². The summed E-state index contributed by atoms with van der Waals surface area (Å²) < 4.78 is 8.99. The lowest BCUT2D eigenvalue weighted by molar-refractivity contribution is -0.118. The first-order valence-corrected chi connectivity index (χ1v) is 9.56. The van der Waals surface area contributed by atoms with Crippen LogP contribution in [0.25, 0.3) is 0 Å². The molecule has 2 aromatic rings. The van der Waals surface area contributed by atoms with Gasteiger partial charge in [0, 0.05) is 11.4 Å². The summed E-state index contributed by atoms with van der Waals surface area (Å²) in [5.74, 6) is 0.658. The maximum atomic E-state index is 10.8. The molecule has 0 atom stereocenters. The van der Waals surface area contributed by atoms with Crippen LogP contribution in [0.3, 0.4) is 0 Å². The minimum absolute atomic E-state index is 0.194. The third-order valence-corrected chi connectivity index (χ3v) is 4.88. The Morgan fingerprint density at radius 1 is 1.26 bits per heavy atom. The smallest absolute Gasteiger partial charge is 0.236 e. The average molecular weight is 599 g/mol. The van der Waals surface area contributed by atoms with Crippen molar-refractivity contribution in [1.82, 2.24) is 5.43 Å². The summed E-state index contributed by atoms with van der Waals surface area (Å²) in [6, 6.07) is 12.0. The number of nitrogens with one attached hydrogen (secondary N) is 1. The molecule has 0 aromatic heterocycles. The summed E-state index contributed by atoms with van der Waals surface area (Å²) in [5, 5.41) is 3.88. The summed E-state index contributed by atoms with van der Waals surface area (Å²) in [6.07, 6.45) is 1.62. The first-order valence-electron chi connectivity index (χ1n) is 6.61. The van der Waals surface area contributed by atoms with Crippen LogP contribution >= 0.6 is 61.1 Å². The van der Waals surface area contributed by atoms with Gasteiger partial charge in [0.15, 0.2) is 0 Å². The summed E-state index contributed by atoms with van der Waals surface area (Å²) in [7, 11) is 0. The monoisotopic (exact) mass is 598 g/mol. The Labute approximate surface area is 170 Å². The van der Waals surface area contributed by atoms with Gasteiger partial charge in [0.25, 0.3) is 0 Å². The molecule has 0 aliphatic carbocycles. The number of hydrogen-bond donors (Lipinski definition) is 1. The molecule has 0 saturated carbocycles. The van der Waals surface area contributed by atoms with Crippen LogP contribution in [0.2, 0.25) is 0 Å². The van der Waals surface area contributed by atoms with Gasteiger partial charge in [-0.15, -0.1) is 0 Å². The Hall–Kier alpha value is -0.680. The number of benzene rings is 2. The topological polar surface area (TPSA) is 50.7 Å². The van der Waals surface area contributed by atoms with Gasteiger partial charge < -0.3 is 4.74 Å². The highest BCUT2D eigenvalue weighted by Gasteiger charge is 2.09. The van der Waals surface area contributed by atoms with E-state index >= 15 is 0 Å². The summed E-state index contributed by atoms with van der Waals surface area (Å²) in [5.41, 5.74) is 4.40. The SMILES string of the molecule is CC(=O)N/N=C\c1cc(I)c(OCc2ccc(Br)cc2)c(I)c1. The fraction of sp³-hybridized carbons (Fsp3) is 0.125. The molecule has 1 amide bonds. The molecule has 23 heavy (non-hydrogen) atoms. The highest BCUT2D eigenvalue weighted by molar-refractivity contribution is 14.1. The zero-order chi connectivity index (χ0) is 16.8. The molecule has 0 aliphatic rings. The lowest BCUT2D eigenvalue weighted by atomic mass is 10.2. The lowest BCUT2D eigenvalue weighted by Crippen LogP contribution is -2.12. The molecule has 0 aliphatic heterocycles. The number of carbonyl (C=O) groups is 1. The third kappa shape index (κ3) is 6.03. The Morgan fingerprint density at radius 2 is 1.87 bits per heavy atom. The third-order valence-electron chi connectivity index (χ3n) is 2.75. The molecule has 0 heterocycles. The second-order valence-electron chi connectivity index (χ2n) is 4.66. The van der Waals surface area contributed by atoms with E-state index in [2.05, 4.69) is 71.6 Å². The second kappa shape index (κ2) is 8.97. The Bertz CT molecular complexity index is 710. The number of hydrazone groups is 1. The normalized spacial score (nSPS) is 10.8. The molecule has 120 valence electrons. The highest BCUT2D eigenvalue weighted by atomic mass is 127. The summed E-state index contributed by atoms with van der Waals surface area (Å²) in [6.45, 7) is 1.93. The van der Waals surface area contributed by atoms with Crippen LogP contribution in [-0.2, 0) is 11.4 Å². The van der Waals surface area contributed by atoms with E-state index in [1.54, 1.807) is 6.21 Å². The number of carbonyl (C=O) groups excluding carboxylic acids is 1. The van der Waals surface area contributed by atoms with Gasteiger partial charge >= 0.3 is 0 Å². The fourth-order valence-electron chi connectivity index (χ4n) is 1.73. The number of halogens is 3. The molecule has 7 heteroatoms. The number of hydrogen-bond acceptors (Lipinski definition) is 3. The number of amides is 1. The maximum absolute atomic E-state index is 10.8. The Kier molecular flexibility index (Phi) is 7.28. The van der Waals surface area contributed by atoms with Crippen LogP contribution in [0.1, 0.15) is 18.1 Å². The summed E-state index contributed by atoms with van der Waals surface area (Å²) >= 11 is 7.90. The molecule has 1 N–H and O–H groups in total. The van der Waals surface area contributed by atoms with Gasteiger partial charge in [-0.1, -0.05) is 28.1 Å². The predicted molar refractivity (Wildman–Crippen MR) is 112 cm³/mol. The molecule has 2 aromatic carbocycles. The van der Waals surface area contributed by atoms with E-state index in [4.69, 9.17) is 4.74 Å². The van der Waals surface area contributed by atoms with Crippen molar-refractivity contribution in [3.8, 4) is 5.75 Å². The van der Waals surface area contributed by atoms with Gasteiger partial charge in [0.2, 0.25) is 5.91 Å². The number of nitrogens with zero attached hydrogens (tertiary/aromatic N) is 1. The maximum Gasteiger partial charge on any atom is 0.236 e. The van der Waals surface area contributed by atoms with Gasteiger partial charge in [-0.05, 0) is 80.6 Å². The first kappa shape index (κ1) is 18.7. The zero-order valence-electron chi connectivity index (χ0n) is 12.1. The minimum Gasteiger partial charge on any atom is -0.487 e. The highest BCUT2D eigenvalue weighted by Crippen LogP contribution is 2.29. The van der Waals surface area contributed by atoms with E-state index < -0.39 is 0 Å². The molecule has 0 saturated heterocycles. The van der Waals surface area contributed by atoms with Gasteiger partial charge in [-0.2, -0.15) is 5.10 Å². The fourth-order valence-corrected chi connectivity index (χ4v) is 4.12. The predicted octanol–water partition coefficient (Wildman–Crippen LogP) is 4.71. The van der Waals surface area contributed by atoms with Gasteiger partial charge in [0.05, 0.1) is 13.4 Å². The minimum atomic E-state index is -0.194. The lowest BCUT2D eigenvalue weighted by Gasteiger charge is -2.11. The molecular formula is C16H13BrI2N2O2. The van der Waals surface area contributed by atoms with E-state index in [1.807, 2.05) is 36.4 Å². The van der Waals surface area contributed by atoms with Crippen LogP contribution in [0.5, 0.6) is 5.75 Å². The van der Waals surface area contributed by atoms with Crippen molar-refractivity contribution < 1.29 is 9.53 Å². The Balaban J connectivity index is 2.09.